The average molecular weight is 398 g/mol. The summed E-state index contributed by atoms with van der Waals surface area (Å²) in [6.07, 6.45) is 2.22. The van der Waals surface area contributed by atoms with E-state index in [0.29, 0.717) is 12.8 Å². The Kier molecular flexibility index (Phi) is 7.47. The van der Waals surface area contributed by atoms with Crippen LogP contribution >= 0.6 is 0 Å². The summed E-state index contributed by atoms with van der Waals surface area (Å²) in [6, 6.07) is 17.0. The van der Waals surface area contributed by atoms with Gasteiger partial charge in [0.15, 0.2) is 0 Å². The first-order chi connectivity index (χ1) is 13.1. The van der Waals surface area contributed by atoms with Gasteiger partial charge in [0, 0.05) is 18.7 Å². The van der Waals surface area contributed by atoms with Crippen molar-refractivity contribution in [1.82, 2.24) is 0 Å². The van der Waals surface area contributed by atoms with Crippen molar-refractivity contribution in [2.24, 2.45) is 0 Å². The van der Waals surface area contributed by atoms with E-state index in [1.165, 1.54) is 11.1 Å². The molecule has 0 atom stereocenters. The summed E-state index contributed by atoms with van der Waals surface area (Å²) < 4.78 is 5.84. The molecule has 2 aromatic carbocycles. The van der Waals surface area contributed by atoms with Gasteiger partial charge in [-0.3, -0.25) is 4.79 Å². The van der Waals surface area contributed by atoms with E-state index in [2.05, 4.69) is 94.6 Å². The smallest absolute Gasteiger partial charge is 0.292 e. The van der Waals surface area contributed by atoms with Crippen molar-refractivity contribution in [2.45, 2.75) is 71.6 Å². The van der Waals surface area contributed by atoms with E-state index < -0.39 is 8.32 Å². The minimum Gasteiger partial charge on any atom is -0.519 e. The third-order valence-electron chi connectivity index (χ3n) is 5.67. The summed E-state index contributed by atoms with van der Waals surface area (Å²) in [5, 5.41) is 3.50. The van der Waals surface area contributed by atoms with Crippen molar-refractivity contribution in [3.05, 3.63) is 65.2 Å². The Balaban J connectivity index is 1.81. The summed E-state index contributed by atoms with van der Waals surface area (Å²) in [5.74, 6) is -0.0793. The molecule has 0 bridgehead atoms. The number of benzene rings is 2. The highest BCUT2D eigenvalue weighted by Gasteiger charge is 2.40. The van der Waals surface area contributed by atoms with E-state index in [4.69, 9.17) is 4.43 Å². The minimum absolute atomic E-state index is 0.0485. The molecule has 2 rings (SSSR count). The van der Waals surface area contributed by atoms with Crippen LogP contribution < -0.4 is 5.32 Å². The molecule has 1 N–H and O–H groups in total. The van der Waals surface area contributed by atoms with Gasteiger partial charge in [-0.15, -0.1) is 0 Å². The first-order valence-electron chi connectivity index (χ1n) is 10.2. The molecule has 0 saturated heterocycles. The number of carbonyl (C=O) groups excluding carboxylic acids is 1. The summed E-state index contributed by atoms with van der Waals surface area (Å²) >= 11 is 0. The van der Waals surface area contributed by atoms with Gasteiger partial charge in [0.25, 0.3) is 14.3 Å². The van der Waals surface area contributed by atoms with Crippen LogP contribution in [0, 0.1) is 0 Å². The third-order valence-corrected chi connectivity index (χ3v) is 10.0. The fourth-order valence-electron chi connectivity index (χ4n) is 2.62. The van der Waals surface area contributed by atoms with Gasteiger partial charge in [-0.1, -0.05) is 64.1 Å². The fraction of sp³-hybridized carbons (Fsp3) is 0.458. The molecule has 0 spiro atoms. The molecule has 0 aromatic heterocycles. The van der Waals surface area contributed by atoms with Crippen LogP contribution in [-0.4, -0.2) is 14.3 Å². The van der Waals surface area contributed by atoms with Crippen LogP contribution in [0.25, 0.3) is 0 Å². The van der Waals surface area contributed by atoms with E-state index >= 15 is 0 Å². The number of aryl methyl sites for hydroxylation is 2. The lowest BCUT2D eigenvalue weighted by molar-refractivity contribution is -0.135. The quantitative estimate of drug-likeness (QED) is 0.528. The molecule has 0 saturated carbocycles. The summed E-state index contributed by atoms with van der Waals surface area (Å²) in [4.78, 5) is 12.3. The number of carbonyl (C=O) groups is 1. The van der Waals surface area contributed by atoms with Gasteiger partial charge in [0.1, 0.15) is 0 Å². The van der Waals surface area contributed by atoms with E-state index in [9.17, 15) is 4.79 Å². The molecule has 0 aliphatic carbocycles. The molecule has 0 radical (unpaired) electrons. The normalized spacial score (nSPS) is 11.9. The lowest BCUT2D eigenvalue weighted by Crippen LogP contribution is -2.42. The Morgan fingerprint density at radius 1 is 0.929 bits per heavy atom. The largest absolute Gasteiger partial charge is 0.519 e. The Bertz CT molecular complexity index is 759. The van der Waals surface area contributed by atoms with E-state index in [-0.39, 0.29) is 11.0 Å². The Labute approximate surface area is 171 Å². The first-order valence-corrected chi connectivity index (χ1v) is 13.1. The molecular weight excluding hydrogens is 362 g/mol. The van der Waals surface area contributed by atoms with E-state index in [1.54, 1.807) is 0 Å². The third kappa shape index (κ3) is 6.52. The van der Waals surface area contributed by atoms with E-state index in [0.717, 1.165) is 24.2 Å². The predicted octanol–water partition coefficient (Wildman–Crippen LogP) is 6.34. The highest BCUT2D eigenvalue weighted by Crippen LogP contribution is 2.36. The van der Waals surface area contributed by atoms with Gasteiger partial charge in [-0.05, 0) is 59.8 Å². The molecule has 0 fully saturated rings. The van der Waals surface area contributed by atoms with Gasteiger partial charge in [-0.25, -0.2) is 0 Å². The van der Waals surface area contributed by atoms with Gasteiger partial charge in [0.05, 0.1) is 0 Å². The molecule has 4 heteroatoms. The second-order valence-corrected chi connectivity index (χ2v) is 13.7. The monoisotopic (exact) mass is 397 g/mol. The molecule has 0 aliphatic heterocycles. The van der Waals surface area contributed by atoms with Crippen molar-refractivity contribution in [3.63, 3.8) is 0 Å². The molecule has 3 nitrogen and oxygen atoms in total. The molecule has 152 valence electrons. The van der Waals surface area contributed by atoms with Crippen LogP contribution in [0.3, 0.4) is 0 Å². The molecule has 0 heterocycles. The Morgan fingerprint density at radius 2 is 1.46 bits per heavy atom. The molecular formula is C24H35NO2Si. The van der Waals surface area contributed by atoms with Crippen molar-refractivity contribution in [2.75, 3.05) is 5.32 Å². The highest BCUT2D eigenvalue weighted by molar-refractivity contribution is 6.75. The van der Waals surface area contributed by atoms with Crippen LogP contribution in [0.15, 0.2) is 48.5 Å². The van der Waals surface area contributed by atoms with Crippen LogP contribution in [-0.2, 0) is 28.6 Å². The zero-order valence-corrected chi connectivity index (χ0v) is 19.3. The predicted molar refractivity (Wildman–Crippen MR) is 121 cm³/mol. The second kappa shape index (κ2) is 9.42. The second-order valence-electron chi connectivity index (χ2n) is 8.95. The minimum atomic E-state index is -2.02. The van der Waals surface area contributed by atoms with E-state index in [1.807, 2.05) is 0 Å². The summed E-state index contributed by atoms with van der Waals surface area (Å²) in [7, 11) is -2.02. The van der Waals surface area contributed by atoms with Crippen LogP contribution in [0.5, 0.6) is 0 Å². The number of anilines is 1. The Hall–Kier alpha value is -2.07. The van der Waals surface area contributed by atoms with Crippen molar-refractivity contribution in [3.8, 4) is 0 Å². The zero-order valence-electron chi connectivity index (χ0n) is 18.3. The van der Waals surface area contributed by atoms with Gasteiger partial charge < -0.3 is 9.74 Å². The number of nitrogens with one attached hydrogen (secondary N) is 1. The van der Waals surface area contributed by atoms with Crippen molar-refractivity contribution >= 4 is 20.0 Å². The number of rotatable bonds is 8. The topological polar surface area (TPSA) is 38.3 Å². The fourth-order valence-corrected chi connectivity index (χ4v) is 3.60. The molecule has 0 amide bonds. The first kappa shape index (κ1) is 22.2. The molecule has 28 heavy (non-hydrogen) atoms. The van der Waals surface area contributed by atoms with Crippen LogP contribution in [0.2, 0.25) is 18.1 Å². The van der Waals surface area contributed by atoms with Gasteiger partial charge in [0.2, 0.25) is 0 Å². The summed E-state index contributed by atoms with van der Waals surface area (Å²) in [6.45, 7) is 13.6. The molecule has 0 aliphatic rings. The maximum Gasteiger partial charge on any atom is 0.292 e. The SMILES string of the molecule is CCc1ccc(CNc2ccc(CCC(=O)O[Si](C)(C)C(C)(C)C)cc2)cc1. The average Bonchev–Trinajstić information content (AvgIpc) is 2.64. The summed E-state index contributed by atoms with van der Waals surface area (Å²) in [5.41, 5.74) is 4.88. The number of hydrogen-bond donors (Lipinski definition) is 1. The van der Waals surface area contributed by atoms with Crippen molar-refractivity contribution < 1.29 is 9.22 Å². The zero-order chi connectivity index (χ0) is 20.8. The Morgan fingerprint density at radius 3 is 2.00 bits per heavy atom. The lowest BCUT2D eigenvalue weighted by atomic mass is 10.1. The highest BCUT2D eigenvalue weighted by atomic mass is 28.4. The van der Waals surface area contributed by atoms with Gasteiger partial charge >= 0.3 is 0 Å². The lowest BCUT2D eigenvalue weighted by Gasteiger charge is -2.35. The standard InChI is InChI=1S/C24H35NO2Si/c1-7-19-8-10-21(11-9-19)18-25-22-15-12-20(13-16-22)14-17-23(26)27-28(5,6)24(2,3)4/h8-13,15-16,25H,7,14,17-18H2,1-6H3. The molecule has 0 unspecified atom stereocenters. The maximum absolute atomic E-state index is 12.3. The number of hydrogen-bond acceptors (Lipinski definition) is 3. The van der Waals surface area contributed by atoms with Gasteiger partial charge in [-0.2, -0.15) is 0 Å². The molecule has 2 aromatic rings. The van der Waals surface area contributed by atoms with Crippen LogP contribution in [0.4, 0.5) is 5.69 Å². The van der Waals surface area contributed by atoms with Crippen LogP contribution in [0.1, 0.15) is 50.8 Å². The van der Waals surface area contributed by atoms with Crippen molar-refractivity contribution in [1.29, 1.82) is 0 Å². The maximum atomic E-state index is 12.3.